The van der Waals surface area contributed by atoms with E-state index in [4.69, 9.17) is 9.47 Å². The molecule has 5 heteroatoms. The van der Waals surface area contributed by atoms with Gasteiger partial charge in [-0.15, -0.1) is 0 Å². The van der Waals surface area contributed by atoms with Crippen LogP contribution in [0.2, 0.25) is 0 Å². The molecule has 0 saturated heterocycles. The average Bonchev–Trinajstić information content (AvgIpc) is 2.42. The number of halogens is 1. The topological polar surface area (TPSA) is 38.8 Å². The van der Waals surface area contributed by atoms with Gasteiger partial charge in [-0.3, -0.25) is 4.79 Å². The summed E-state index contributed by atoms with van der Waals surface area (Å²) >= 11 is 0. The number of amides is 1. The van der Waals surface area contributed by atoms with E-state index in [2.05, 4.69) is 0 Å². The molecule has 0 bridgehead atoms. The number of nitrogens with zero attached hydrogens (tertiary/aromatic N) is 1. The maximum atomic E-state index is 13.9. The van der Waals surface area contributed by atoms with Gasteiger partial charge in [-0.25, -0.2) is 4.39 Å². The second-order valence-electron chi connectivity index (χ2n) is 4.61. The maximum absolute atomic E-state index is 13.9. The molecule has 0 aliphatic rings. The van der Waals surface area contributed by atoms with E-state index in [1.165, 1.54) is 12.1 Å². The van der Waals surface area contributed by atoms with Gasteiger partial charge >= 0.3 is 0 Å². The summed E-state index contributed by atoms with van der Waals surface area (Å²) in [7, 11) is 3.19. The van der Waals surface area contributed by atoms with Crippen LogP contribution in [0.4, 0.5) is 4.39 Å². The minimum absolute atomic E-state index is 0.101. The van der Waals surface area contributed by atoms with Gasteiger partial charge in [-0.05, 0) is 31.0 Å². The molecule has 4 nitrogen and oxygen atoms in total. The summed E-state index contributed by atoms with van der Waals surface area (Å²) in [5.41, 5.74) is 0.894. The molecule has 0 saturated carbocycles. The van der Waals surface area contributed by atoms with E-state index in [0.717, 1.165) is 5.56 Å². The lowest BCUT2D eigenvalue weighted by molar-refractivity contribution is 0.0669. The van der Waals surface area contributed by atoms with Crippen LogP contribution in [0.5, 0.6) is 0 Å². The Morgan fingerprint density at radius 3 is 2.50 bits per heavy atom. The molecule has 0 aromatic heterocycles. The monoisotopic (exact) mass is 283 g/mol. The van der Waals surface area contributed by atoms with Crippen LogP contribution in [0, 0.1) is 12.7 Å². The Labute approximate surface area is 119 Å². The molecule has 20 heavy (non-hydrogen) atoms. The summed E-state index contributed by atoms with van der Waals surface area (Å²) in [6.07, 6.45) is 0.708. The molecule has 0 spiro atoms. The molecule has 0 N–H and O–H groups in total. The Morgan fingerprint density at radius 2 is 1.90 bits per heavy atom. The van der Waals surface area contributed by atoms with Crippen molar-refractivity contribution in [3.63, 3.8) is 0 Å². The first-order valence-electron chi connectivity index (χ1n) is 6.63. The van der Waals surface area contributed by atoms with Crippen molar-refractivity contribution in [2.75, 3.05) is 40.5 Å². The number of carbonyl (C=O) groups excluding carboxylic acids is 1. The van der Waals surface area contributed by atoms with Gasteiger partial charge in [-0.1, -0.05) is 6.07 Å². The van der Waals surface area contributed by atoms with Crippen molar-refractivity contribution in [2.24, 2.45) is 0 Å². The minimum Gasteiger partial charge on any atom is -0.385 e. The van der Waals surface area contributed by atoms with Crippen LogP contribution in [0.15, 0.2) is 18.2 Å². The Balaban J connectivity index is 2.79. The normalized spacial score (nSPS) is 10.6. The molecule has 1 rings (SSSR count). The first-order chi connectivity index (χ1) is 9.60. The van der Waals surface area contributed by atoms with Crippen LogP contribution in [-0.2, 0) is 9.47 Å². The van der Waals surface area contributed by atoms with Crippen LogP contribution >= 0.6 is 0 Å². The van der Waals surface area contributed by atoms with E-state index in [9.17, 15) is 9.18 Å². The lowest BCUT2D eigenvalue weighted by Crippen LogP contribution is -2.35. The van der Waals surface area contributed by atoms with Crippen molar-refractivity contribution in [1.82, 2.24) is 4.90 Å². The SMILES string of the molecule is COCCCN(CCOC)C(=O)c1ccc(C)cc1F. The Morgan fingerprint density at radius 1 is 1.20 bits per heavy atom. The Kier molecular flexibility index (Phi) is 7.18. The van der Waals surface area contributed by atoms with Crippen LogP contribution in [0.3, 0.4) is 0 Å². The average molecular weight is 283 g/mol. The molecule has 112 valence electrons. The number of benzene rings is 1. The summed E-state index contributed by atoms with van der Waals surface area (Å²) < 4.78 is 23.8. The van der Waals surface area contributed by atoms with E-state index in [1.807, 2.05) is 0 Å². The molecular weight excluding hydrogens is 261 g/mol. The van der Waals surface area contributed by atoms with Crippen LogP contribution < -0.4 is 0 Å². The van der Waals surface area contributed by atoms with Gasteiger partial charge in [0.1, 0.15) is 5.82 Å². The Bertz CT molecular complexity index is 437. The molecule has 1 amide bonds. The highest BCUT2D eigenvalue weighted by atomic mass is 19.1. The predicted octanol–water partition coefficient (Wildman–Crippen LogP) is 2.26. The van der Waals surface area contributed by atoms with E-state index in [0.29, 0.717) is 32.7 Å². The van der Waals surface area contributed by atoms with E-state index >= 15 is 0 Å². The van der Waals surface area contributed by atoms with Crippen LogP contribution in [0.25, 0.3) is 0 Å². The largest absolute Gasteiger partial charge is 0.385 e. The fourth-order valence-corrected chi connectivity index (χ4v) is 1.88. The van der Waals surface area contributed by atoms with Crippen molar-refractivity contribution < 1.29 is 18.7 Å². The first-order valence-corrected chi connectivity index (χ1v) is 6.63. The second-order valence-corrected chi connectivity index (χ2v) is 4.61. The number of aryl methyl sites for hydroxylation is 1. The number of hydrogen-bond donors (Lipinski definition) is 0. The third-order valence-corrected chi connectivity index (χ3v) is 2.98. The van der Waals surface area contributed by atoms with Gasteiger partial charge in [0.05, 0.1) is 12.2 Å². The van der Waals surface area contributed by atoms with Crippen molar-refractivity contribution in [2.45, 2.75) is 13.3 Å². The lowest BCUT2D eigenvalue weighted by Gasteiger charge is -2.22. The summed E-state index contributed by atoms with van der Waals surface area (Å²) in [5.74, 6) is -0.792. The van der Waals surface area contributed by atoms with Crippen LogP contribution in [0.1, 0.15) is 22.3 Å². The molecule has 0 aliphatic heterocycles. The smallest absolute Gasteiger partial charge is 0.256 e. The predicted molar refractivity (Wildman–Crippen MR) is 75.4 cm³/mol. The van der Waals surface area contributed by atoms with Gasteiger partial charge < -0.3 is 14.4 Å². The Hall–Kier alpha value is -1.46. The molecule has 0 unspecified atom stereocenters. The highest BCUT2D eigenvalue weighted by molar-refractivity contribution is 5.94. The molecular formula is C15H22FNO3. The molecule has 0 atom stereocenters. The molecule has 0 fully saturated rings. The zero-order valence-electron chi connectivity index (χ0n) is 12.3. The van der Waals surface area contributed by atoms with Crippen molar-refractivity contribution in [1.29, 1.82) is 0 Å². The molecule has 0 heterocycles. The number of ether oxygens (including phenoxy) is 2. The second kappa shape index (κ2) is 8.66. The van der Waals surface area contributed by atoms with Gasteiger partial charge in [-0.2, -0.15) is 0 Å². The number of carbonyl (C=O) groups is 1. The first kappa shape index (κ1) is 16.6. The van der Waals surface area contributed by atoms with Gasteiger partial charge in [0.2, 0.25) is 0 Å². The van der Waals surface area contributed by atoms with Gasteiger partial charge in [0.25, 0.3) is 5.91 Å². The molecule has 0 radical (unpaired) electrons. The third kappa shape index (κ3) is 4.90. The van der Waals surface area contributed by atoms with Crippen LogP contribution in [-0.4, -0.2) is 51.3 Å². The van der Waals surface area contributed by atoms with Gasteiger partial charge in [0, 0.05) is 33.9 Å². The molecule has 1 aromatic carbocycles. The summed E-state index contributed by atoms with van der Waals surface area (Å²) in [6, 6.07) is 4.64. The van der Waals surface area contributed by atoms with E-state index in [1.54, 1.807) is 32.1 Å². The van der Waals surface area contributed by atoms with Crippen molar-refractivity contribution in [3.8, 4) is 0 Å². The van der Waals surface area contributed by atoms with Crippen molar-refractivity contribution >= 4 is 5.91 Å². The summed E-state index contributed by atoms with van der Waals surface area (Å²) in [6.45, 7) is 3.73. The number of methoxy groups -OCH3 is 2. The van der Waals surface area contributed by atoms with E-state index in [-0.39, 0.29) is 11.5 Å². The minimum atomic E-state index is -0.482. The van der Waals surface area contributed by atoms with E-state index < -0.39 is 5.82 Å². The standard InChI is InChI=1S/C15H22FNO3/c1-12-5-6-13(14(16)11-12)15(18)17(8-10-20-3)7-4-9-19-2/h5-6,11H,4,7-10H2,1-3H3. The fraction of sp³-hybridized carbons (Fsp3) is 0.533. The quantitative estimate of drug-likeness (QED) is 0.687. The zero-order valence-corrected chi connectivity index (χ0v) is 12.3. The number of hydrogen-bond acceptors (Lipinski definition) is 3. The number of rotatable bonds is 8. The summed E-state index contributed by atoms with van der Waals surface area (Å²) in [4.78, 5) is 14.0. The maximum Gasteiger partial charge on any atom is 0.256 e. The highest BCUT2D eigenvalue weighted by Gasteiger charge is 2.18. The van der Waals surface area contributed by atoms with Crippen molar-refractivity contribution in [3.05, 3.63) is 35.1 Å². The third-order valence-electron chi connectivity index (χ3n) is 2.98. The highest BCUT2D eigenvalue weighted by Crippen LogP contribution is 2.13. The van der Waals surface area contributed by atoms with Gasteiger partial charge in [0.15, 0.2) is 0 Å². The zero-order chi connectivity index (χ0) is 15.0. The molecule has 0 aliphatic carbocycles. The fourth-order valence-electron chi connectivity index (χ4n) is 1.88. The molecule has 1 aromatic rings. The lowest BCUT2D eigenvalue weighted by atomic mass is 10.1. The summed E-state index contributed by atoms with van der Waals surface area (Å²) in [5, 5.41) is 0.